The van der Waals surface area contributed by atoms with Crippen molar-refractivity contribution in [3.05, 3.63) is 59.9 Å². The number of rotatable bonds is 2. The molecular weight excluding hydrogens is 351 g/mol. The minimum absolute atomic E-state index is 0.0281. The monoisotopic (exact) mass is 370 g/mol. The van der Waals surface area contributed by atoms with E-state index >= 15 is 0 Å². The standard InChI is InChI=1S/C20H19FN2O4/c21-15-6-2-1-5-14(15)19(24)23-13-18(20(25)22-9-11-26-12-10-22)27-17-8-4-3-7-16(17)23/h1-8,18H,9-13H2. The molecule has 1 atom stereocenters. The Bertz CT molecular complexity index is 867. The average Bonchev–Trinajstić information content (AvgIpc) is 2.73. The minimum Gasteiger partial charge on any atom is -0.476 e. The number of carbonyl (C=O) groups is 2. The molecule has 1 fully saturated rings. The number of hydrogen-bond donors (Lipinski definition) is 0. The van der Waals surface area contributed by atoms with Crippen molar-refractivity contribution in [2.45, 2.75) is 6.10 Å². The molecule has 2 aliphatic rings. The molecule has 0 aliphatic carbocycles. The molecule has 2 aromatic rings. The summed E-state index contributed by atoms with van der Waals surface area (Å²) in [4.78, 5) is 29.0. The molecule has 0 radical (unpaired) electrons. The molecule has 0 saturated carbocycles. The fraction of sp³-hybridized carbons (Fsp3) is 0.300. The van der Waals surface area contributed by atoms with Gasteiger partial charge in [-0.2, -0.15) is 0 Å². The molecule has 4 rings (SSSR count). The lowest BCUT2D eigenvalue weighted by Crippen LogP contribution is -2.54. The normalized spacial score (nSPS) is 19.2. The fourth-order valence-electron chi connectivity index (χ4n) is 3.32. The molecule has 0 spiro atoms. The third-order valence-corrected chi connectivity index (χ3v) is 4.72. The molecule has 2 amide bonds. The molecule has 1 saturated heterocycles. The van der Waals surface area contributed by atoms with E-state index in [-0.39, 0.29) is 18.0 Å². The van der Waals surface area contributed by atoms with E-state index < -0.39 is 17.8 Å². The van der Waals surface area contributed by atoms with Crippen LogP contribution < -0.4 is 9.64 Å². The fourth-order valence-corrected chi connectivity index (χ4v) is 3.32. The summed E-state index contributed by atoms with van der Waals surface area (Å²) in [6.07, 6.45) is -0.839. The lowest BCUT2D eigenvalue weighted by molar-refractivity contribution is -0.142. The first-order chi connectivity index (χ1) is 13.1. The number of benzene rings is 2. The minimum atomic E-state index is -0.839. The highest BCUT2D eigenvalue weighted by atomic mass is 19.1. The van der Waals surface area contributed by atoms with Crippen molar-refractivity contribution in [3.63, 3.8) is 0 Å². The number of nitrogens with zero attached hydrogens (tertiary/aromatic N) is 2. The van der Waals surface area contributed by atoms with Crippen molar-refractivity contribution in [1.82, 2.24) is 4.90 Å². The number of ether oxygens (including phenoxy) is 2. The van der Waals surface area contributed by atoms with E-state index in [0.717, 1.165) is 0 Å². The van der Waals surface area contributed by atoms with Gasteiger partial charge >= 0.3 is 0 Å². The molecule has 1 unspecified atom stereocenters. The Morgan fingerprint density at radius 1 is 1.00 bits per heavy atom. The van der Waals surface area contributed by atoms with E-state index in [1.165, 1.54) is 23.1 Å². The van der Waals surface area contributed by atoms with Crippen molar-refractivity contribution >= 4 is 17.5 Å². The summed E-state index contributed by atoms with van der Waals surface area (Å²) in [5, 5.41) is 0. The quantitative estimate of drug-likeness (QED) is 0.812. The molecule has 0 aromatic heterocycles. The van der Waals surface area contributed by atoms with Crippen LogP contribution in [-0.2, 0) is 9.53 Å². The van der Waals surface area contributed by atoms with Gasteiger partial charge in [-0.3, -0.25) is 9.59 Å². The van der Waals surface area contributed by atoms with Crippen LogP contribution >= 0.6 is 0 Å². The number of fused-ring (bicyclic) bond motifs is 1. The first-order valence-corrected chi connectivity index (χ1v) is 8.84. The molecule has 7 heteroatoms. The number of halogens is 1. The Kier molecular flexibility index (Phi) is 4.77. The van der Waals surface area contributed by atoms with Crippen molar-refractivity contribution in [1.29, 1.82) is 0 Å². The third kappa shape index (κ3) is 3.38. The summed E-state index contributed by atoms with van der Waals surface area (Å²) < 4.78 is 25.3. The second kappa shape index (κ2) is 7.36. The summed E-state index contributed by atoms with van der Waals surface area (Å²) in [6.45, 7) is 1.96. The van der Waals surface area contributed by atoms with Crippen LogP contribution in [0.5, 0.6) is 5.75 Å². The van der Waals surface area contributed by atoms with Crippen LogP contribution in [0.4, 0.5) is 10.1 Å². The maximum absolute atomic E-state index is 14.1. The molecule has 0 N–H and O–H groups in total. The SMILES string of the molecule is O=C(C1CN(C(=O)c2ccccc2F)c2ccccc2O1)N1CCOCC1. The highest BCUT2D eigenvalue weighted by Crippen LogP contribution is 2.34. The molecule has 2 aromatic carbocycles. The van der Waals surface area contributed by atoms with Gasteiger partial charge in [-0.15, -0.1) is 0 Å². The van der Waals surface area contributed by atoms with Gasteiger partial charge in [0.15, 0.2) is 6.10 Å². The summed E-state index contributed by atoms with van der Waals surface area (Å²) in [6, 6.07) is 12.8. The van der Waals surface area contributed by atoms with E-state index in [9.17, 15) is 14.0 Å². The number of para-hydroxylation sites is 2. The Hall–Kier alpha value is -2.93. The summed E-state index contributed by atoms with van der Waals surface area (Å²) in [5.74, 6) is -0.856. The predicted molar refractivity (Wildman–Crippen MR) is 96.3 cm³/mol. The van der Waals surface area contributed by atoms with Crippen LogP contribution in [0, 0.1) is 5.82 Å². The van der Waals surface area contributed by atoms with Crippen molar-refractivity contribution in [2.24, 2.45) is 0 Å². The lowest BCUT2D eigenvalue weighted by atomic mass is 10.1. The number of carbonyl (C=O) groups excluding carboxylic acids is 2. The van der Waals surface area contributed by atoms with E-state index in [1.807, 2.05) is 0 Å². The molecule has 140 valence electrons. The Labute approximate surface area is 156 Å². The van der Waals surface area contributed by atoms with Gasteiger partial charge in [-0.1, -0.05) is 24.3 Å². The molecule has 2 heterocycles. The van der Waals surface area contributed by atoms with Gasteiger partial charge in [0.25, 0.3) is 11.8 Å². The zero-order valence-corrected chi connectivity index (χ0v) is 14.6. The summed E-state index contributed by atoms with van der Waals surface area (Å²) in [5.41, 5.74) is 0.489. The first-order valence-electron chi connectivity index (χ1n) is 8.84. The van der Waals surface area contributed by atoms with E-state index in [4.69, 9.17) is 9.47 Å². The average molecular weight is 370 g/mol. The summed E-state index contributed by atoms with van der Waals surface area (Å²) >= 11 is 0. The predicted octanol–water partition coefficient (Wildman–Crippen LogP) is 2.09. The van der Waals surface area contributed by atoms with Gasteiger partial charge in [0.1, 0.15) is 11.6 Å². The molecular formula is C20H19FN2O4. The van der Waals surface area contributed by atoms with Gasteiger partial charge in [0.2, 0.25) is 0 Å². The van der Waals surface area contributed by atoms with Gasteiger partial charge in [0, 0.05) is 13.1 Å². The van der Waals surface area contributed by atoms with Crippen molar-refractivity contribution in [3.8, 4) is 5.75 Å². The Morgan fingerprint density at radius 2 is 1.70 bits per heavy atom. The third-order valence-electron chi connectivity index (χ3n) is 4.72. The smallest absolute Gasteiger partial charge is 0.265 e. The van der Waals surface area contributed by atoms with Crippen molar-refractivity contribution < 1.29 is 23.5 Å². The molecule has 6 nitrogen and oxygen atoms in total. The Morgan fingerprint density at radius 3 is 2.48 bits per heavy atom. The number of amides is 2. The van der Waals surface area contributed by atoms with Crippen LogP contribution in [0.15, 0.2) is 48.5 Å². The first kappa shape index (κ1) is 17.5. The van der Waals surface area contributed by atoms with Gasteiger partial charge in [-0.25, -0.2) is 4.39 Å². The maximum Gasteiger partial charge on any atom is 0.265 e. The number of anilines is 1. The molecule has 0 bridgehead atoms. The summed E-state index contributed by atoms with van der Waals surface area (Å²) in [7, 11) is 0. The van der Waals surface area contributed by atoms with Gasteiger partial charge in [-0.05, 0) is 24.3 Å². The Balaban J connectivity index is 1.65. The zero-order valence-electron chi connectivity index (χ0n) is 14.6. The second-order valence-electron chi connectivity index (χ2n) is 6.41. The highest BCUT2D eigenvalue weighted by molar-refractivity contribution is 6.08. The lowest BCUT2D eigenvalue weighted by Gasteiger charge is -2.37. The number of morpholine rings is 1. The topological polar surface area (TPSA) is 59.1 Å². The largest absolute Gasteiger partial charge is 0.476 e. The van der Waals surface area contributed by atoms with Crippen LogP contribution in [0.2, 0.25) is 0 Å². The van der Waals surface area contributed by atoms with E-state index in [1.54, 1.807) is 35.2 Å². The van der Waals surface area contributed by atoms with E-state index in [2.05, 4.69) is 0 Å². The molecule has 27 heavy (non-hydrogen) atoms. The molecule has 2 aliphatic heterocycles. The van der Waals surface area contributed by atoms with E-state index in [0.29, 0.717) is 37.7 Å². The van der Waals surface area contributed by atoms with Crippen LogP contribution in [-0.4, -0.2) is 55.7 Å². The van der Waals surface area contributed by atoms with Crippen LogP contribution in [0.25, 0.3) is 0 Å². The van der Waals surface area contributed by atoms with Gasteiger partial charge < -0.3 is 19.3 Å². The van der Waals surface area contributed by atoms with Gasteiger partial charge in [0.05, 0.1) is 31.0 Å². The second-order valence-corrected chi connectivity index (χ2v) is 6.41. The maximum atomic E-state index is 14.1. The van der Waals surface area contributed by atoms with Crippen LogP contribution in [0.3, 0.4) is 0 Å². The highest BCUT2D eigenvalue weighted by Gasteiger charge is 2.37. The van der Waals surface area contributed by atoms with Crippen LogP contribution in [0.1, 0.15) is 10.4 Å². The van der Waals surface area contributed by atoms with Crippen molar-refractivity contribution in [2.75, 3.05) is 37.7 Å². The zero-order chi connectivity index (χ0) is 18.8. The number of hydrogen-bond acceptors (Lipinski definition) is 4.